The van der Waals surface area contributed by atoms with E-state index >= 15 is 0 Å². The molecular weight excluding hydrogens is 424 g/mol. The molecule has 2 aliphatic carbocycles. The molecule has 0 aromatic carbocycles. The van der Waals surface area contributed by atoms with Crippen molar-refractivity contribution in [2.45, 2.75) is 168 Å². The van der Waals surface area contributed by atoms with E-state index in [0.717, 1.165) is 29.6 Å². The Morgan fingerprint density at radius 1 is 0.457 bits per heavy atom. The Morgan fingerprint density at radius 2 is 0.914 bits per heavy atom. The Hall–Kier alpha value is -0.0800. The SMILES string of the molecule is CCCCCCCCCCCCCCC1CC2CCC(C3NCC(CCCCCC)CN3)CC2C1. The number of unbranched alkanes of at least 4 members (excludes halogenated alkanes) is 14. The lowest BCUT2D eigenvalue weighted by molar-refractivity contribution is 0.131. The van der Waals surface area contributed by atoms with Crippen molar-refractivity contribution in [3.63, 3.8) is 0 Å². The van der Waals surface area contributed by atoms with Crippen LogP contribution in [-0.2, 0) is 0 Å². The van der Waals surface area contributed by atoms with Crippen LogP contribution >= 0.6 is 0 Å². The molecule has 3 rings (SSSR count). The minimum Gasteiger partial charge on any atom is -0.301 e. The molecule has 3 aliphatic rings. The summed E-state index contributed by atoms with van der Waals surface area (Å²) >= 11 is 0. The number of rotatable bonds is 19. The quantitative estimate of drug-likeness (QED) is 0.177. The molecule has 3 fully saturated rings. The Morgan fingerprint density at radius 3 is 1.51 bits per heavy atom. The molecule has 1 heterocycles. The van der Waals surface area contributed by atoms with E-state index in [1.54, 1.807) is 12.8 Å². The van der Waals surface area contributed by atoms with E-state index in [-0.39, 0.29) is 0 Å². The van der Waals surface area contributed by atoms with Gasteiger partial charge in [-0.1, -0.05) is 123 Å². The standard InChI is InChI=1S/C33H64N2/c1-3-5-7-9-10-11-12-13-14-15-16-18-19-28-23-30-21-22-31(25-32(30)24-28)33-34-26-29(27-35-33)20-17-8-6-4-2/h28-35H,3-27H2,1-2H3. The van der Waals surface area contributed by atoms with Gasteiger partial charge in [0.25, 0.3) is 0 Å². The molecule has 35 heavy (non-hydrogen) atoms. The highest BCUT2D eigenvalue weighted by atomic mass is 15.2. The van der Waals surface area contributed by atoms with Gasteiger partial charge < -0.3 is 10.6 Å². The molecule has 0 spiro atoms. The molecule has 0 amide bonds. The van der Waals surface area contributed by atoms with Crippen molar-refractivity contribution in [3.05, 3.63) is 0 Å². The Balaban J connectivity index is 1.17. The van der Waals surface area contributed by atoms with Crippen LogP contribution in [0.25, 0.3) is 0 Å². The van der Waals surface area contributed by atoms with Crippen LogP contribution in [-0.4, -0.2) is 19.3 Å². The minimum atomic E-state index is 0.609. The first-order chi connectivity index (χ1) is 17.3. The normalized spacial score (nSPS) is 31.0. The molecule has 4 unspecified atom stereocenters. The third-order valence-electron chi connectivity index (χ3n) is 10.1. The summed E-state index contributed by atoms with van der Waals surface area (Å²) in [5.74, 6) is 4.94. The lowest BCUT2D eigenvalue weighted by Gasteiger charge is -2.41. The number of nitrogens with one attached hydrogen (secondary N) is 2. The van der Waals surface area contributed by atoms with Gasteiger partial charge in [-0.25, -0.2) is 0 Å². The average Bonchev–Trinajstić information content (AvgIpc) is 3.30. The molecule has 206 valence electrons. The van der Waals surface area contributed by atoms with Crippen LogP contribution in [0.4, 0.5) is 0 Å². The maximum absolute atomic E-state index is 3.94. The van der Waals surface area contributed by atoms with Crippen LogP contribution in [0.3, 0.4) is 0 Å². The summed E-state index contributed by atoms with van der Waals surface area (Å²) in [7, 11) is 0. The van der Waals surface area contributed by atoms with Crippen molar-refractivity contribution in [1.29, 1.82) is 0 Å². The summed E-state index contributed by atoms with van der Waals surface area (Å²) in [6.45, 7) is 7.15. The lowest BCUT2D eigenvalue weighted by atomic mass is 9.74. The second kappa shape index (κ2) is 18.2. The number of hydrogen-bond acceptors (Lipinski definition) is 2. The summed E-state index contributed by atoms with van der Waals surface area (Å²) in [4.78, 5) is 0. The largest absolute Gasteiger partial charge is 0.301 e. The molecule has 1 saturated heterocycles. The summed E-state index contributed by atoms with van der Waals surface area (Å²) in [5.41, 5.74) is 0. The maximum Gasteiger partial charge on any atom is 0.0601 e. The summed E-state index contributed by atoms with van der Waals surface area (Å²) in [6.07, 6.45) is 34.5. The summed E-state index contributed by atoms with van der Waals surface area (Å²) in [5, 5.41) is 7.87. The van der Waals surface area contributed by atoms with E-state index in [9.17, 15) is 0 Å². The molecule has 2 heteroatoms. The Kier molecular flexibility index (Phi) is 15.3. The number of fused-ring (bicyclic) bond motifs is 1. The third kappa shape index (κ3) is 11.5. The van der Waals surface area contributed by atoms with Crippen LogP contribution < -0.4 is 10.6 Å². The highest BCUT2D eigenvalue weighted by Gasteiger charge is 2.40. The van der Waals surface area contributed by atoms with Gasteiger partial charge in [0.05, 0.1) is 6.17 Å². The molecule has 2 N–H and O–H groups in total. The third-order valence-corrected chi connectivity index (χ3v) is 10.1. The van der Waals surface area contributed by atoms with Gasteiger partial charge in [0.15, 0.2) is 0 Å². The molecule has 0 bridgehead atoms. The fourth-order valence-corrected chi connectivity index (χ4v) is 7.86. The molecule has 0 aromatic rings. The topological polar surface area (TPSA) is 24.1 Å². The molecule has 2 saturated carbocycles. The Labute approximate surface area is 220 Å². The van der Waals surface area contributed by atoms with Crippen molar-refractivity contribution in [3.8, 4) is 0 Å². The predicted octanol–water partition coefficient (Wildman–Crippen LogP) is 9.63. The van der Waals surface area contributed by atoms with Gasteiger partial charge >= 0.3 is 0 Å². The molecule has 4 atom stereocenters. The van der Waals surface area contributed by atoms with Gasteiger partial charge in [-0.15, -0.1) is 0 Å². The van der Waals surface area contributed by atoms with Crippen LogP contribution in [0.2, 0.25) is 0 Å². The molecule has 0 radical (unpaired) electrons. The first-order valence-corrected chi connectivity index (χ1v) is 16.8. The van der Waals surface area contributed by atoms with Gasteiger partial charge in [0, 0.05) is 13.1 Å². The van der Waals surface area contributed by atoms with Gasteiger partial charge in [-0.3, -0.25) is 0 Å². The number of hydrogen-bond donors (Lipinski definition) is 2. The van der Waals surface area contributed by atoms with Crippen molar-refractivity contribution in [2.24, 2.45) is 29.6 Å². The first-order valence-electron chi connectivity index (χ1n) is 16.8. The minimum absolute atomic E-state index is 0.609. The highest BCUT2D eigenvalue weighted by Crippen LogP contribution is 2.48. The zero-order valence-electron chi connectivity index (χ0n) is 24.1. The van der Waals surface area contributed by atoms with Gasteiger partial charge in [-0.05, 0) is 68.1 Å². The van der Waals surface area contributed by atoms with Crippen LogP contribution in [0.5, 0.6) is 0 Å². The second-order valence-electron chi connectivity index (χ2n) is 13.1. The summed E-state index contributed by atoms with van der Waals surface area (Å²) in [6, 6.07) is 0. The fourth-order valence-electron chi connectivity index (χ4n) is 7.86. The molecule has 1 aliphatic heterocycles. The molecular formula is C33H64N2. The zero-order valence-corrected chi connectivity index (χ0v) is 24.1. The molecule has 2 nitrogen and oxygen atoms in total. The monoisotopic (exact) mass is 489 g/mol. The first kappa shape index (κ1) is 29.5. The average molecular weight is 489 g/mol. The smallest absolute Gasteiger partial charge is 0.0601 e. The molecule has 0 aromatic heterocycles. The van der Waals surface area contributed by atoms with E-state index in [1.807, 2.05) is 0 Å². The van der Waals surface area contributed by atoms with Crippen molar-refractivity contribution < 1.29 is 0 Å². The summed E-state index contributed by atoms with van der Waals surface area (Å²) < 4.78 is 0. The van der Waals surface area contributed by atoms with Crippen LogP contribution in [0.15, 0.2) is 0 Å². The van der Waals surface area contributed by atoms with Gasteiger partial charge in [0.2, 0.25) is 0 Å². The predicted molar refractivity (Wildman–Crippen MR) is 155 cm³/mol. The van der Waals surface area contributed by atoms with E-state index in [0.29, 0.717) is 6.17 Å². The van der Waals surface area contributed by atoms with Crippen LogP contribution in [0, 0.1) is 29.6 Å². The Bertz CT molecular complexity index is 497. The fraction of sp³-hybridized carbons (Fsp3) is 1.00. The van der Waals surface area contributed by atoms with Crippen LogP contribution in [0.1, 0.15) is 162 Å². The maximum atomic E-state index is 3.94. The van der Waals surface area contributed by atoms with E-state index in [1.165, 1.54) is 148 Å². The van der Waals surface area contributed by atoms with E-state index in [4.69, 9.17) is 0 Å². The highest BCUT2D eigenvalue weighted by molar-refractivity contribution is 4.93. The second-order valence-corrected chi connectivity index (χ2v) is 13.1. The van der Waals surface area contributed by atoms with E-state index < -0.39 is 0 Å². The van der Waals surface area contributed by atoms with Crippen molar-refractivity contribution >= 4 is 0 Å². The zero-order chi connectivity index (χ0) is 24.6. The van der Waals surface area contributed by atoms with E-state index in [2.05, 4.69) is 24.5 Å². The van der Waals surface area contributed by atoms with Crippen molar-refractivity contribution in [2.75, 3.05) is 13.1 Å². The van der Waals surface area contributed by atoms with Gasteiger partial charge in [-0.2, -0.15) is 0 Å². The lowest BCUT2D eigenvalue weighted by Crippen LogP contribution is -2.57. The van der Waals surface area contributed by atoms with Gasteiger partial charge in [0.1, 0.15) is 0 Å². The van der Waals surface area contributed by atoms with Crippen molar-refractivity contribution in [1.82, 2.24) is 10.6 Å².